The van der Waals surface area contributed by atoms with Crippen molar-refractivity contribution < 1.29 is 19.1 Å². The van der Waals surface area contributed by atoms with Gasteiger partial charge in [0.1, 0.15) is 5.54 Å². The number of likely N-dealkylation sites (tertiary alicyclic amines) is 1. The summed E-state index contributed by atoms with van der Waals surface area (Å²) < 4.78 is 5.41. The number of nitrogens with zero attached hydrogens (tertiary/aromatic N) is 1. The first-order chi connectivity index (χ1) is 13.5. The molecule has 146 valence electrons. The van der Waals surface area contributed by atoms with Crippen LogP contribution in [-0.4, -0.2) is 41.9 Å². The van der Waals surface area contributed by atoms with Crippen molar-refractivity contribution in [1.29, 1.82) is 0 Å². The van der Waals surface area contributed by atoms with E-state index in [2.05, 4.69) is 5.32 Å². The Morgan fingerprint density at radius 2 is 1.93 bits per heavy atom. The van der Waals surface area contributed by atoms with E-state index in [9.17, 15) is 14.4 Å². The molecule has 0 radical (unpaired) electrons. The molecular formula is C21H22N2O4S. The quantitative estimate of drug-likeness (QED) is 0.617. The molecule has 0 saturated carbocycles. The summed E-state index contributed by atoms with van der Waals surface area (Å²) in [4.78, 5) is 41.4. The van der Waals surface area contributed by atoms with E-state index < -0.39 is 29.4 Å². The van der Waals surface area contributed by atoms with Gasteiger partial charge in [-0.05, 0) is 23.9 Å². The van der Waals surface area contributed by atoms with E-state index in [0.717, 1.165) is 15.3 Å². The second kappa shape index (κ2) is 7.14. The number of benzene rings is 1. The van der Waals surface area contributed by atoms with Crippen molar-refractivity contribution in [1.82, 2.24) is 10.2 Å². The van der Waals surface area contributed by atoms with Crippen molar-refractivity contribution in [3.8, 4) is 0 Å². The Hall–Kier alpha value is -2.51. The fourth-order valence-electron chi connectivity index (χ4n) is 4.46. The third-order valence-electron chi connectivity index (χ3n) is 5.69. The zero-order valence-corrected chi connectivity index (χ0v) is 16.6. The molecule has 2 amide bonds. The molecule has 1 aromatic carbocycles. The molecular weight excluding hydrogens is 376 g/mol. The Morgan fingerprint density at radius 1 is 1.18 bits per heavy atom. The van der Waals surface area contributed by atoms with Gasteiger partial charge in [-0.25, -0.2) is 0 Å². The van der Waals surface area contributed by atoms with Crippen molar-refractivity contribution >= 4 is 29.1 Å². The summed E-state index contributed by atoms with van der Waals surface area (Å²) in [5, 5.41) is 5.32. The zero-order valence-electron chi connectivity index (χ0n) is 15.8. The number of hydrogen-bond donors (Lipinski definition) is 1. The first-order valence-electron chi connectivity index (χ1n) is 9.33. The van der Waals surface area contributed by atoms with Crippen LogP contribution in [0, 0.1) is 11.8 Å². The zero-order chi connectivity index (χ0) is 19.9. The number of rotatable bonds is 5. The number of carbonyl (C=O) groups is 3. The lowest BCUT2D eigenvalue weighted by Gasteiger charge is -2.32. The summed E-state index contributed by atoms with van der Waals surface area (Å²) in [6.45, 7) is 1.95. The molecule has 0 aliphatic carbocycles. The van der Waals surface area contributed by atoms with Crippen LogP contribution in [-0.2, 0) is 25.5 Å². The molecule has 28 heavy (non-hydrogen) atoms. The van der Waals surface area contributed by atoms with Gasteiger partial charge in [-0.2, -0.15) is 0 Å². The van der Waals surface area contributed by atoms with Crippen molar-refractivity contribution in [2.45, 2.75) is 24.9 Å². The standard InChI is InChI=1S/C21H22N2O4S/c1-3-27-20(26)21(12-13-8-5-4-6-9-13)16-15(18(24)23(2)19(16)25)17(22-21)14-10-7-11-28-14/h4-11,15-17,22H,3,12H2,1-2H3/t15-,16+,17-,21-/m1/s1. The first kappa shape index (κ1) is 18.8. The molecule has 1 N–H and O–H groups in total. The third-order valence-corrected chi connectivity index (χ3v) is 6.65. The molecule has 2 aliphatic rings. The van der Waals surface area contributed by atoms with Crippen LogP contribution in [0.4, 0.5) is 0 Å². The Balaban J connectivity index is 1.85. The molecule has 2 aromatic rings. The average Bonchev–Trinajstić information content (AvgIpc) is 3.38. The Kier molecular flexibility index (Phi) is 4.81. The first-order valence-corrected chi connectivity index (χ1v) is 10.2. The van der Waals surface area contributed by atoms with Gasteiger partial charge in [-0.15, -0.1) is 11.3 Å². The minimum absolute atomic E-state index is 0.204. The van der Waals surface area contributed by atoms with E-state index in [-0.39, 0.29) is 24.8 Å². The number of nitrogens with one attached hydrogen (secondary N) is 1. The second-order valence-corrected chi connectivity index (χ2v) is 8.21. The molecule has 3 heterocycles. The van der Waals surface area contributed by atoms with E-state index in [1.54, 1.807) is 6.92 Å². The van der Waals surface area contributed by atoms with Gasteiger partial charge in [0.25, 0.3) is 0 Å². The van der Waals surface area contributed by atoms with Crippen molar-refractivity contribution in [3.05, 3.63) is 58.3 Å². The van der Waals surface area contributed by atoms with Gasteiger partial charge in [0.05, 0.1) is 24.5 Å². The molecule has 7 heteroatoms. The maximum absolute atomic E-state index is 13.2. The average molecular weight is 398 g/mol. The summed E-state index contributed by atoms with van der Waals surface area (Å²) in [5.41, 5.74) is -0.378. The highest BCUT2D eigenvalue weighted by Crippen LogP contribution is 2.50. The fraction of sp³-hybridized carbons (Fsp3) is 0.381. The Morgan fingerprint density at radius 3 is 2.57 bits per heavy atom. The fourth-order valence-corrected chi connectivity index (χ4v) is 5.28. The largest absolute Gasteiger partial charge is 0.465 e. The van der Waals surface area contributed by atoms with E-state index >= 15 is 0 Å². The molecule has 2 fully saturated rings. The van der Waals surface area contributed by atoms with Crippen LogP contribution in [0.5, 0.6) is 0 Å². The van der Waals surface area contributed by atoms with Crippen LogP contribution in [0.2, 0.25) is 0 Å². The van der Waals surface area contributed by atoms with E-state index in [0.29, 0.717) is 0 Å². The number of fused-ring (bicyclic) bond motifs is 1. The minimum atomic E-state index is -1.28. The lowest BCUT2D eigenvalue weighted by Crippen LogP contribution is -2.57. The molecule has 0 spiro atoms. The van der Waals surface area contributed by atoms with Gasteiger partial charge in [0, 0.05) is 18.3 Å². The SMILES string of the molecule is CCOC(=O)[C@]1(Cc2ccccc2)N[C@H](c2cccs2)[C@@H]2C(=O)N(C)C(=O)[C@H]21. The topological polar surface area (TPSA) is 75.7 Å². The molecule has 0 bridgehead atoms. The van der Waals surface area contributed by atoms with Crippen LogP contribution in [0.15, 0.2) is 47.8 Å². The van der Waals surface area contributed by atoms with Crippen LogP contribution >= 0.6 is 11.3 Å². The predicted molar refractivity (Wildman–Crippen MR) is 104 cm³/mol. The summed E-state index contributed by atoms with van der Waals surface area (Å²) in [6, 6.07) is 13.0. The lowest BCUT2D eigenvalue weighted by atomic mass is 9.76. The molecule has 0 unspecified atom stereocenters. The van der Waals surface area contributed by atoms with Crippen LogP contribution < -0.4 is 5.32 Å². The number of hydrogen-bond acceptors (Lipinski definition) is 6. The third kappa shape index (κ3) is 2.77. The van der Waals surface area contributed by atoms with Gasteiger partial charge < -0.3 is 4.74 Å². The maximum Gasteiger partial charge on any atom is 0.327 e. The van der Waals surface area contributed by atoms with Crippen molar-refractivity contribution in [2.75, 3.05) is 13.7 Å². The van der Waals surface area contributed by atoms with Gasteiger partial charge in [0.2, 0.25) is 11.8 Å². The van der Waals surface area contributed by atoms with Crippen molar-refractivity contribution in [3.63, 3.8) is 0 Å². The number of carbonyl (C=O) groups excluding carboxylic acids is 3. The van der Waals surface area contributed by atoms with E-state index in [1.807, 2.05) is 47.8 Å². The summed E-state index contributed by atoms with van der Waals surface area (Å²) >= 11 is 1.51. The predicted octanol–water partition coefficient (Wildman–Crippen LogP) is 2.17. The molecule has 6 nitrogen and oxygen atoms in total. The van der Waals surface area contributed by atoms with Gasteiger partial charge >= 0.3 is 5.97 Å². The van der Waals surface area contributed by atoms with Crippen LogP contribution in [0.3, 0.4) is 0 Å². The summed E-state index contributed by atoms with van der Waals surface area (Å²) in [7, 11) is 1.49. The molecule has 2 aliphatic heterocycles. The summed E-state index contributed by atoms with van der Waals surface area (Å²) in [6.07, 6.45) is 0.280. The summed E-state index contributed by atoms with van der Waals surface area (Å²) in [5.74, 6) is -2.48. The highest BCUT2D eigenvalue weighted by Gasteiger charge is 2.68. The lowest BCUT2D eigenvalue weighted by molar-refractivity contribution is -0.156. The van der Waals surface area contributed by atoms with Crippen molar-refractivity contribution in [2.24, 2.45) is 11.8 Å². The molecule has 4 atom stereocenters. The minimum Gasteiger partial charge on any atom is -0.465 e. The molecule has 2 saturated heterocycles. The van der Waals surface area contributed by atoms with Gasteiger partial charge in [-0.1, -0.05) is 36.4 Å². The van der Waals surface area contributed by atoms with E-state index in [1.165, 1.54) is 18.4 Å². The molecule has 4 rings (SSSR count). The van der Waals surface area contributed by atoms with Crippen LogP contribution in [0.1, 0.15) is 23.4 Å². The Labute approximate surface area is 167 Å². The van der Waals surface area contributed by atoms with Gasteiger partial charge in [0.15, 0.2) is 0 Å². The second-order valence-electron chi connectivity index (χ2n) is 7.23. The molecule has 1 aromatic heterocycles. The highest BCUT2D eigenvalue weighted by molar-refractivity contribution is 7.10. The highest BCUT2D eigenvalue weighted by atomic mass is 32.1. The van der Waals surface area contributed by atoms with Gasteiger partial charge in [-0.3, -0.25) is 24.6 Å². The number of amides is 2. The smallest absolute Gasteiger partial charge is 0.327 e. The normalized spacial score (nSPS) is 29.2. The number of imide groups is 1. The number of ether oxygens (including phenoxy) is 1. The number of esters is 1. The number of thiophene rings is 1. The van der Waals surface area contributed by atoms with Crippen LogP contribution in [0.25, 0.3) is 0 Å². The Bertz CT molecular complexity index is 898. The van der Waals surface area contributed by atoms with E-state index in [4.69, 9.17) is 4.74 Å². The monoisotopic (exact) mass is 398 g/mol. The maximum atomic E-state index is 13.2.